The number of benzene rings is 1. The van der Waals surface area contributed by atoms with E-state index in [0.29, 0.717) is 0 Å². The summed E-state index contributed by atoms with van der Waals surface area (Å²) in [5.74, 6) is -0.303. The Morgan fingerprint density at radius 2 is 1.96 bits per heavy atom. The van der Waals surface area contributed by atoms with Crippen LogP contribution in [0.15, 0.2) is 35.8 Å². The summed E-state index contributed by atoms with van der Waals surface area (Å²) >= 11 is 1.63. The molecule has 1 fully saturated rings. The van der Waals surface area contributed by atoms with Gasteiger partial charge in [0, 0.05) is 30.4 Å². The van der Waals surface area contributed by atoms with Crippen molar-refractivity contribution in [2.24, 2.45) is 0 Å². The van der Waals surface area contributed by atoms with Crippen LogP contribution in [0.2, 0.25) is 0 Å². The molecule has 27 heavy (non-hydrogen) atoms. The minimum Gasteiger partial charge on any atom is -0.325 e. The lowest BCUT2D eigenvalue weighted by atomic mass is 10.2. The van der Waals surface area contributed by atoms with Crippen LogP contribution in [-0.4, -0.2) is 53.4 Å². The van der Waals surface area contributed by atoms with Gasteiger partial charge in [-0.05, 0) is 37.7 Å². The fourth-order valence-electron chi connectivity index (χ4n) is 3.04. The van der Waals surface area contributed by atoms with E-state index in [4.69, 9.17) is 0 Å². The summed E-state index contributed by atoms with van der Waals surface area (Å²) in [6.07, 6.45) is -1.70. The smallest absolute Gasteiger partial charge is 0.325 e. The molecule has 0 saturated carbocycles. The Morgan fingerprint density at radius 1 is 1.19 bits per heavy atom. The third-order valence-electron chi connectivity index (χ3n) is 4.36. The monoisotopic (exact) mass is 398 g/mol. The fourth-order valence-corrected chi connectivity index (χ4v) is 3.70. The SMILES string of the molecule is O=C(CN1CCCN(Cc2nccs2)CC1)Nc1cccc(C(F)(F)F)c1. The van der Waals surface area contributed by atoms with Gasteiger partial charge in [0.25, 0.3) is 0 Å². The fraction of sp³-hybridized carbons (Fsp3) is 0.444. The molecule has 0 aliphatic carbocycles. The molecule has 0 unspecified atom stereocenters. The van der Waals surface area contributed by atoms with E-state index in [2.05, 4.69) is 15.2 Å². The topological polar surface area (TPSA) is 48.5 Å². The summed E-state index contributed by atoms with van der Waals surface area (Å²) in [7, 11) is 0. The van der Waals surface area contributed by atoms with Gasteiger partial charge in [0.2, 0.25) is 5.91 Å². The maximum absolute atomic E-state index is 12.8. The number of thiazole rings is 1. The lowest BCUT2D eigenvalue weighted by Crippen LogP contribution is -2.36. The number of aromatic nitrogens is 1. The van der Waals surface area contributed by atoms with Crippen LogP contribution in [-0.2, 0) is 17.5 Å². The van der Waals surface area contributed by atoms with E-state index in [1.807, 2.05) is 10.3 Å². The highest BCUT2D eigenvalue weighted by molar-refractivity contribution is 7.09. The zero-order valence-corrected chi connectivity index (χ0v) is 15.5. The Balaban J connectivity index is 1.49. The van der Waals surface area contributed by atoms with Crippen molar-refractivity contribution in [3.63, 3.8) is 0 Å². The molecule has 9 heteroatoms. The van der Waals surface area contributed by atoms with Crippen molar-refractivity contribution in [1.82, 2.24) is 14.8 Å². The highest BCUT2D eigenvalue weighted by atomic mass is 32.1. The number of anilines is 1. The summed E-state index contributed by atoms with van der Waals surface area (Å²) in [5.41, 5.74) is -0.608. The molecule has 146 valence electrons. The summed E-state index contributed by atoms with van der Waals surface area (Å²) in [4.78, 5) is 20.9. The molecular formula is C18H21F3N4OS. The minimum absolute atomic E-state index is 0.162. The van der Waals surface area contributed by atoms with Crippen molar-refractivity contribution in [3.05, 3.63) is 46.4 Å². The van der Waals surface area contributed by atoms with Gasteiger partial charge in [-0.25, -0.2) is 4.98 Å². The summed E-state index contributed by atoms with van der Waals surface area (Å²) in [5, 5.41) is 5.60. The molecule has 0 atom stereocenters. The Morgan fingerprint density at radius 3 is 2.70 bits per heavy atom. The van der Waals surface area contributed by atoms with E-state index >= 15 is 0 Å². The zero-order valence-electron chi connectivity index (χ0n) is 14.7. The minimum atomic E-state index is -4.42. The third kappa shape index (κ3) is 6.02. The van der Waals surface area contributed by atoms with Crippen LogP contribution in [0.1, 0.15) is 17.0 Å². The van der Waals surface area contributed by atoms with Crippen molar-refractivity contribution in [3.8, 4) is 0 Å². The molecule has 1 aliphatic heterocycles. The number of rotatable bonds is 5. The summed E-state index contributed by atoms with van der Waals surface area (Å²) in [6.45, 7) is 4.26. The van der Waals surface area contributed by atoms with Gasteiger partial charge >= 0.3 is 6.18 Å². The van der Waals surface area contributed by atoms with Gasteiger partial charge in [-0.1, -0.05) is 6.07 Å². The number of nitrogens with one attached hydrogen (secondary N) is 1. The van der Waals surface area contributed by atoms with Crippen molar-refractivity contribution in [1.29, 1.82) is 0 Å². The predicted octanol–water partition coefficient (Wildman–Crippen LogP) is 3.31. The van der Waals surface area contributed by atoms with Gasteiger partial charge in [0.1, 0.15) is 5.01 Å². The molecule has 2 aromatic rings. The number of nitrogens with zero attached hydrogens (tertiary/aromatic N) is 3. The van der Waals surface area contributed by atoms with Gasteiger partial charge in [-0.2, -0.15) is 13.2 Å². The number of carbonyl (C=O) groups excluding carboxylic acids is 1. The average molecular weight is 398 g/mol. The Hall–Kier alpha value is -1.97. The maximum Gasteiger partial charge on any atom is 0.416 e. The second kappa shape index (κ2) is 8.81. The Bertz CT molecular complexity index is 751. The van der Waals surface area contributed by atoms with E-state index < -0.39 is 11.7 Å². The van der Waals surface area contributed by atoms with Gasteiger partial charge in [0.05, 0.1) is 18.7 Å². The van der Waals surface area contributed by atoms with E-state index in [-0.39, 0.29) is 18.1 Å². The summed E-state index contributed by atoms with van der Waals surface area (Å²) in [6, 6.07) is 4.70. The standard InChI is InChI=1S/C18H21F3N4OS/c19-18(20,21)14-3-1-4-15(11-14)23-16(26)12-24-6-2-7-25(9-8-24)13-17-22-5-10-27-17/h1,3-5,10-11H,2,6-9,12-13H2,(H,23,26). The first-order chi connectivity index (χ1) is 12.9. The molecule has 1 N–H and O–H groups in total. The van der Waals surface area contributed by atoms with Crippen LogP contribution in [0, 0.1) is 0 Å². The number of hydrogen-bond acceptors (Lipinski definition) is 5. The number of carbonyl (C=O) groups is 1. The first-order valence-corrected chi connectivity index (χ1v) is 9.58. The van der Waals surface area contributed by atoms with Crippen LogP contribution in [0.5, 0.6) is 0 Å². The molecule has 0 radical (unpaired) electrons. The molecule has 5 nitrogen and oxygen atoms in total. The predicted molar refractivity (Wildman–Crippen MR) is 98.5 cm³/mol. The van der Waals surface area contributed by atoms with E-state index in [9.17, 15) is 18.0 Å². The van der Waals surface area contributed by atoms with Gasteiger partial charge < -0.3 is 5.32 Å². The lowest BCUT2D eigenvalue weighted by molar-refractivity contribution is -0.137. The quantitative estimate of drug-likeness (QED) is 0.840. The highest BCUT2D eigenvalue weighted by Gasteiger charge is 2.30. The van der Waals surface area contributed by atoms with Gasteiger partial charge in [0.15, 0.2) is 0 Å². The average Bonchev–Trinajstić information content (AvgIpc) is 3.02. The number of alkyl halides is 3. The Labute approximate surface area is 159 Å². The molecule has 0 spiro atoms. The molecule has 1 amide bonds. The van der Waals surface area contributed by atoms with Crippen LogP contribution < -0.4 is 5.32 Å². The van der Waals surface area contributed by atoms with Crippen molar-refractivity contribution in [2.45, 2.75) is 19.1 Å². The second-order valence-corrected chi connectivity index (χ2v) is 7.44. The largest absolute Gasteiger partial charge is 0.416 e. The van der Waals surface area contributed by atoms with Crippen LogP contribution >= 0.6 is 11.3 Å². The van der Waals surface area contributed by atoms with E-state index in [1.165, 1.54) is 12.1 Å². The van der Waals surface area contributed by atoms with Crippen molar-refractivity contribution < 1.29 is 18.0 Å². The third-order valence-corrected chi connectivity index (χ3v) is 5.13. The van der Waals surface area contributed by atoms with Gasteiger partial charge in [-0.3, -0.25) is 14.6 Å². The zero-order chi connectivity index (χ0) is 19.3. The van der Waals surface area contributed by atoms with Crippen molar-refractivity contribution in [2.75, 3.05) is 38.0 Å². The maximum atomic E-state index is 12.8. The first kappa shape index (κ1) is 19.8. The Kier molecular flexibility index (Phi) is 6.46. The van der Waals surface area contributed by atoms with Crippen molar-refractivity contribution >= 4 is 22.9 Å². The molecule has 1 aliphatic rings. The van der Waals surface area contributed by atoms with Crippen LogP contribution in [0.25, 0.3) is 0 Å². The number of halogens is 3. The first-order valence-electron chi connectivity index (χ1n) is 8.70. The summed E-state index contributed by atoms with van der Waals surface area (Å²) < 4.78 is 38.3. The molecular weight excluding hydrogens is 377 g/mol. The van der Waals surface area contributed by atoms with Crippen LogP contribution in [0.4, 0.5) is 18.9 Å². The molecule has 1 aromatic carbocycles. The van der Waals surface area contributed by atoms with E-state index in [1.54, 1.807) is 17.5 Å². The molecule has 1 aromatic heterocycles. The van der Waals surface area contributed by atoms with E-state index in [0.717, 1.165) is 56.3 Å². The molecule has 1 saturated heterocycles. The second-order valence-electron chi connectivity index (χ2n) is 6.46. The molecule has 0 bridgehead atoms. The number of amides is 1. The van der Waals surface area contributed by atoms with Gasteiger partial charge in [-0.15, -0.1) is 11.3 Å². The molecule has 2 heterocycles. The normalized spacial score (nSPS) is 16.9. The number of hydrogen-bond donors (Lipinski definition) is 1. The molecule has 3 rings (SSSR count). The van der Waals surface area contributed by atoms with Crippen LogP contribution in [0.3, 0.4) is 0 Å². The lowest BCUT2D eigenvalue weighted by Gasteiger charge is -2.21. The highest BCUT2D eigenvalue weighted by Crippen LogP contribution is 2.30.